The van der Waals surface area contributed by atoms with Gasteiger partial charge >= 0.3 is 0 Å². The molecule has 2 heterocycles. The number of carbonyl (C=O) groups excluding carboxylic acids is 1. The number of hydrogen-bond donors (Lipinski definition) is 0. The quantitative estimate of drug-likeness (QED) is 0.530. The Labute approximate surface area is 114 Å². The van der Waals surface area contributed by atoms with Crippen LogP contribution in [-0.2, 0) is 9.53 Å². The number of nitrogens with zero attached hydrogens (tertiary/aromatic N) is 3. The molecule has 0 aromatic heterocycles. The van der Waals surface area contributed by atoms with Crippen molar-refractivity contribution in [3.05, 3.63) is 6.92 Å². The largest absolute Gasteiger partial charge is 0.379 e. The molecule has 2 fully saturated rings. The van der Waals surface area contributed by atoms with E-state index in [1.54, 1.807) is 4.90 Å². The normalized spacial score (nSPS) is 27.4. The summed E-state index contributed by atoms with van der Waals surface area (Å²) in [6.07, 6.45) is 0. The second-order valence-electron chi connectivity index (χ2n) is 4.76. The Bertz CT molecular complexity index is 284. The van der Waals surface area contributed by atoms with Crippen molar-refractivity contribution in [3.8, 4) is 0 Å². The van der Waals surface area contributed by atoms with E-state index in [-0.39, 0.29) is 11.4 Å². The molecule has 103 valence electrons. The van der Waals surface area contributed by atoms with Gasteiger partial charge in [0, 0.05) is 46.2 Å². The van der Waals surface area contributed by atoms with E-state index in [0.717, 1.165) is 52.5 Å². The molecule has 1 radical (unpaired) electrons. The van der Waals surface area contributed by atoms with Crippen LogP contribution in [0.5, 0.6) is 0 Å². The molecule has 1 atom stereocenters. The van der Waals surface area contributed by atoms with Gasteiger partial charge in [0.1, 0.15) is 5.50 Å². The molecule has 0 N–H and O–H groups in total. The average molecular weight is 275 g/mol. The standard InChI is InChI=1S/C12H21ClN3O2/c1-11(17)16-5-4-15(12(13)10-16)3-2-14-6-8-18-9-7-14/h12H,1-10H2. The van der Waals surface area contributed by atoms with E-state index in [2.05, 4.69) is 16.7 Å². The molecule has 1 unspecified atom stereocenters. The molecule has 6 heteroatoms. The number of morpholine rings is 1. The van der Waals surface area contributed by atoms with Gasteiger partial charge in [-0.2, -0.15) is 0 Å². The summed E-state index contributed by atoms with van der Waals surface area (Å²) in [5.74, 6) is -0.131. The van der Waals surface area contributed by atoms with E-state index >= 15 is 0 Å². The molecule has 0 spiro atoms. The van der Waals surface area contributed by atoms with Crippen LogP contribution in [0.25, 0.3) is 0 Å². The van der Waals surface area contributed by atoms with Crippen LogP contribution in [0.3, 0.4) is 0 Å². The van der Waals surface area contributed by atoms with Gasteiger partial charge in [-0.3, -0.25) is 14.6 Å². The Morgan fingerprint density at radius 2 is 1.94 bits per heavy atom. The Balaban J connectivity index is 1.71. The predicted molar refractivity (Wildman–Crippen MR) is 70.4 cm³/mol. The van der Waals surface area contributed by atoms with Gasteiger partial charge in [-0.05, 0) is 0 Å². The minimum Gasteiger partial charge on any atom is -0.379 e. The number of ether oxygens (including phenoxy) is 1. The first-order valence-corrected chi connectivity index (χ1v) is 6.89. The average Bonchev–Trinajstić information content (AvgIpc) is 2.38. The number of rotatable bonds is 3. The minimum absolute atomic E-state index is 0.0921. The lowest BCUT2D eigenvalue weighted by Crippen LogP contribution is -2.54. The second kappa shape index (κ2) is 6.70. The molecule has 0 bridgehead atoms. The molecule has 5 nitrogen and oxygen atoms in total. The Kier molecular flexibility index (Phi) is 5.24. The summed E-state index contributed by atoms with van der Waals surface area (Å²) in [6.45, 7) is 11.2. The summed E-state index contributed by atoms with van der Waals surface area (Å²) in [5.41, 5.74) is -0.0921. The van der Waals surface area contributed by atoms with Crippen molar-refractivity contribution >= 4 is 17.5 Å². The third-order valence-electron chi connectivity index (χ3n) is 3.58. The highest BCUT2D eigenvalue weighted by Gasteiger charge is 2.26. The van der Waals surface area contributed by atoms with Gasteiger partial charge in [0.05, 0.1) is 19.8 Å². The summed E-state index contributed by atoms with van der Waals surface area (Å²) in [7, 11) is 0. The molecule has 0 aromatic carbocycles. The molecule has 0 aromatic rings. The summed E-state index contributed by atoms with van der Waals surface area (Å²) < 4.78 is 5.32. The maximum atomic E-state index is 11.2. The lowest BCUT2D eigenvalue weighted by Gasteiger charge is -2.39. The van der Waals surface area contributed by atoms with Crippen molar-refractivity contribution in [2.75, 3.05) is 59.0 Å². The number of amides is 1. The van der Waals surface area contributed by atoms with Gasteiger partial charge in [0.2, 0.25) is 5.91 Å². The Hall–Kier alpha value is -0.360. The molecule has 1 amide bonds. The van der Waals surface area contributed by atoms with Crippen LogP contribution in [0.2, 0.25) is 0 Å². The van der Waals surface area contributed by atoms with E-state index in [9.17, 15) is 4.79 Å². The van der Waals surface area contributed by atoms with Gasteiger partial charge in [-0.1, -0.05) is 0 Å². The minimum atomic E-state index is -0.131. The molecule has 0 saturated carbocycles. The fourth-order valence-electron chi connectivity index (χ4n) is 2.35. The zero-order valence-electron chi connectivity index (χ0n) is 10.7. The van der Waals surface area contributed by atoms with Crippen LogP contribution >= 0.6 is 11.6 Å². The number of hydrogen-bond acceptors (Lipinski definition) is 4. The van der Waals surface area contributed by atoms with Gasteiger partial charge in [-0.25, -0.2) is 0 Å². The first kappa shape index (κ1) is 14.1. The molecule has 18 heavy (non-hydrogen) atoms. The van der Waals surface area contributed by atoms with Gasteiger partial charge in [0.25, 0.3) is 0 Å². The number of carbonyl (C=O) groups is 1. The maximum absolute atomic E-state index is 11.2. The predicted octanol–water partition coefficient (Wildman–Crippen LogP) is -0.138. The number of piperazine rings is 1. The van der Waals surface area contributed by atoms with Gasteiger partial charge < -0.3 is 9.64 Å². The zero-order chi connectivity index (χ0) is 13.0. The molecule has 2 saturated heterocycles. The smallest absolute Gasteiger partial charge is 0.223 e. The summed E-state index contributed by atoms with van der Waals surface area (Å²) in [6, 6.07) is 0. The molecular weight excluding hydrogens is 254 g/mol. The highest BCUT2D eigenvalue weighted by Crippen LogP contribution is 2.13. The zero-order valence-corrected chi connectivity index (χ0v) is 11.4. The highest BCUT2D eigenvalue weighted by atomic mass is 35.5. The third kappa shape index (κ3) is 3.82. The molecule has 2 rings (SSSR count). The first-order valence-electron chi connectivity index (χ1n) is 6.46. The van der Waals surface area contributed by atoms with Crippen molar-refractivity contribution in [1.82, 2.24) is 14.7 Å². The Morgan fingerprint density at radius 1 is 1.22 bits per heavy atom. The fourth-order valence-corrected chi connectivity index (χ4v) is 2.71. The molecular formula is C12H21ClN3O2. The third-order valence-corrected chi connectivity index (χ3v) is 4.00. The van der Waals surface area contributed by atoms with Crippen LogP contribution in [0, 0.1) is 6.92 Å². The van der Waals surface area contributed by atoms with E-state index in [1.165, 1.54) is 0 Å². The van der Waals surface area contributed by atoms with Crippen molar-refractivity contribution in [2.45, 2.75) is 5.50 Å². The van der Waals surface area contributed by atoms with Crippen molar-refractivity contribution in [1.29, 1.82) is 0 Å². The van der Waals surface area contributed by atoms with Crippen molar-refractivity contribution < 1.29 is 9.53 Å². The van der Waals surface area contributed by atoms with Gasteiger partial charge in [-0.15, -0.1) is 11.6 Å². The second-order valence-corrected chi connectivity index (χ2v) is 5.27. The lowest BCUT2D eigenvalue weighted by atomic mass is 10.3. The first-order chi connectivity index (χ1) is 8.66. The fraction of sp³-hybridized carbons (Fsp3) is 0.833. The number of halogens is 1. The maximum Gasteiger partial charge on any atom is 0.223 e. The van der Waals surface area contributed by atoms with Crippen LogP contribution in [-0.4, -0.2) is 85.1 Å². The number of alkyl halides is 1. The van der Waals surface area contributed by atoms with E-state index in [0.29, 0.717) is 6.54 Å². The molecule has 2 aliphatic rings. The SMILES string of the molecule is [CH2]C(=O)N1CCN(CCN2CCOCC2)C(Cl)C1. The van der Waals surface area contributed by atoms with Gasteiger partial charge in [0.15, 0.2) is 0 Å². The monoisotopic (exact) mass is 274 g/mol. The van der Waals surface area contributed by atoms with Crippen molar-refractivity contribution in [3.63, 3.8) is 0 Å². The topological polar surface area (TPSA) is 36.0 Å². The summed E-state index contributed by atoms with van der Waals surface area (Å²) in [4.78, 5) is 17.5. The van der Waals surface area contributed by atoms with Crippen LogP contribution in [0.15, 0.2) is 0 Å². The van der Waals surface area contributed by atoms with Crippen LogP contribution < -0.4 is 0 Å². The van der Waals surface area contributed by atoms with Crippen LogP contribution in [0.4, 0.5) is 0 Å². The molecule has 2 aliphatic heterocycles. The molecule has 0 aliphatic carbocycles. The van der Waals surface area contributed by atoms with Crippen LogP contribution in [0.1, 0.15) is 0 Å². The van der Waals surface area contributed by atoms with Crippen molar-refractivity contribution in [2.24, 2.45) is 0 Å². The highest BCUT2D eigenvalue weighted by molar-refractivity contribution is 6.20. The summed E-state index contributed by atoms with van der Waals surface area (Å²) in [5, 5.41) is 0. The summed E-state index contributed by atoms with van der Waals surface area (Å²) >= 11 is 6.30. The van der Waals surface area contributed by atoms with E-state index < -0.39 is 0 Å². The lowest BCUT2D eigenvalue weighted by molar-refractivity contribution is -0.128. The van der Waals surface area contributed by atoms with E-state index in [4.69, 9.17) is 16.3 Å². The Morgan fingerprint density at radius 3 is 2.56 bits per heavy atom. The van der Waals surface area contributed by atoms with E-state index in [1.807, 2.05) is 0 Å².